The fourth-order valence-electron chi connectivity index (χ4n) is 2.82. The third kappa shape index (κ3) is 4.17. The minimum absolute atomic E-state index is 0.861. The van der Waals surface area contributed by atoms with Crippen LogP contribution >= 0.6 is 0 Å². The van der Waals surface area contributed by atoms with E-state index in [9.17, 15) is 0 Å². The van der Waals surface area contributed by atoms with Crippen LogP contribution in [0.4, 0.5) is 0 Å². The zero-order chi connectivity index (χ0) is 16.7. The number of para-hydroxylation sites is 1. The Morgan fingerprint density at radius 3 is 2.26 bits per heavy atom. The molecule has 2 aromatic rings. The maximum absolute atomic E-state index is 5.55. The Bertz CT molecular complexity index is 641. The van der Waals surface area contributed by atoms with E-state index in [1.165, 1.54) is 11.1 Å². The number of benzene rings is 2. The lowest BCUT2D eigenvalue weighted by Gasteiger charge is -2.14. The third-order valence-electron chi connectivity index (χ3n) is 4.04. The second-order valence-electron chi connectivity index (χ2n) is 5.43. The molecule has 0 fully saturated rings. The number of quaternary nitrogens is 1. The van der Waals surface area contributed by atoms with E-state index < -0.39 is 0 Å². The van der Waals surface area contributed by atoms with Crippen LogP contribution in [0.15, 0.2) is 36.4 Å². The van der Waals surface area contributed by atoms with Gasteiger partial charge in [0.1, 0.15) is 23.8 Å². The van der Waals surface area contributed by atoms with Crippen LogP contribution in [0.5, 0.6) is 17.2 Å². The van der Waals surface area contributed by atoms with Crippen molar-refractivity contribution in [3.05, 3.63) is 53.1 Å². The Hall–Kier alpha value is -2.20. The molecule has 0 spiro atoms. The van der Waals surface area contributed by atoms with Gasteiger partial charge in [0.05, 0.1) is 27.9 Å². The molecule has 4 nitrogen and oxygen atoms in total. The number of hydrogen-bond donors (Lipinski definition) is 1. The van der Waals surface area contributed by atoms with Gasteiger partial charge in [0, 0.05) is 17.5 Å². The molecule has 0 radical (unpaired) electrons. The Balaban J connectivity index is 1.95. The summed E-state index contributed by atoms with van der Waals surface area (Å²) in [6.45, 7) is 3.90. The summed E-state index contributed by atoms with van der Waals surface area (Å²) in [5.41, 5.74) is 3.47. The second-order valence-corrected chi connectivity index (χ2v) is 5.43. The molecule has 0 aliphatic rings. The monoisotopic (exact) mass is 316 g/mol. The van der Waals surface area contributed by atoms with E-state index in [1.807, 2.05) is 31.2 Å². The number of rotatable bonds is 8. The molecule has 4 heteroatoms. The van der Waals surface area contributed by atoms with Crippen molar-refractivity contribution in [3.8, 4) is 17.2 Å². The molecular formula is C19H26NO3+. The maximum atomic E-state index is 5.55. The van der Waals surface area contributed by atoms with Gasteiger partial charge in [-0.3, -0.25) is 0 Å². The number of methoxy groups -OCH3 is 3. The maximum Gasteiger partial charge on any atom is 0.134 e. The summed E-state index contributed by atoms with van der Waals surface area (Å²) in [6, 6.07) is 12.2. The van der Waals surface area contributed by atoms with E-state index in [0.717, 1.165) is 42.3 Å². The van der Waals surface area contributed by atoms with Crippen molar-refractivity contribution in [2.45, 2.75) is 19.9 Å². The van der Waals surface area contributed by atoms with Crippen molar-refractivity contribution in [2.24, 2.45) is 0 Å². The highest BCUT2D eigenvalue weighted by atomic mass is 16.5. The normalized spacial score (nSPS) is 10.4. The van der Waals surface area contributed by atoms with Gasteiger partial charge in [-0.1, -0.05) is 18.2 Å². The predicted octanol–water partition coefficient (Wildman–Crippen LogP) is 2.33. The number of nitrogens with two attached hydrogens (primary N) is 1. The quantitative estimate of drug-likeness (QED) is 0.760. The van der Waals surface area contributed by atoms with Gasteiger partial charge in [-0.25, -0.2) is 0 Å². The lowest BCUT2D eigenvalue weighted by Crippen LogP contribution is -2.83. The van der Waals surface area contributed by atoms with Crippen LogP contribution in [-0.2, 0) is 13.0 Å². The van der Waals surface area contributed by atoms with Crippen molar-refractivity contribution in [3.63, 3.8) is 0 Å². The summed E-state index contributed by atoms with van der Waals surface area (Å²) in [4.78, 5) is 0. The molecule has 2 rings (SSSR count). The van der Waals surface area contributed by atoms with E-state index >= 15 is 0 Å². The topological polar surface area (TPSA) is 44.3 Å². The lowest BCUT2D eigenvalue weighted by atomic mass is 10.1. The fraction of sp³-hybridized carbons (Fsp3) is 0.368. The summed E-state index contributed by atoms with van der Waals surface area (Å²) >= 11 is 0. The first-order valence-corrected chi connectivity index (χ1v) is 7.85. The number of ether oxygens (including phenoxy) is 3. The van der Waals surface area contributed by atoms with Crippen molar-refractivity contribution in [1.29, 1.82) is 0 Å². The van der Waals surface area contributed by atoms with Gasteiger partial charge in [0.25, 0.3) is 0 Å². The summed E-state index contributed by atoms with van der Waals surface area (Å²) in [5, 5.41) is 2.29. The van der Waals surface area contributed by atoms with Gasteiger partial charge >= 0.3 is 0 Å². The van der Waals surface area contributed by atoms with Gasteiger partial charge in [-0.15, -0.1) is 0 Å². The summed E-state index contributed by atoms with van der Waals surface area (Å²) in [5.74, 6) is 2.73. The van der Waals surface area contributed by atoms with Crippen molar-refractivity contribution in [2.75, 3.05) is 27.9 Å². The average molecular weight is 316 g/mol. The summed E-state index contributed by atoms with van der Waals surface area (Å²) < 4.78 is 16.3. The Morgan fingerprint density at radius 1 is 0.826 bits per heavy atom. The molecule has 0 saturated heterocycles. The fourth-order valence-corrected chi connectivity index (χ4v) is 2.82. The smallest absolute Gasteiger partial charge is 0.134 e. The van der Waals surface area contributed by atoms with E-state index in [4.69, 9.17) is 14.2 Å². The van der Waals surface area contributed by atoms with Gasteiger partial charge < -0.3 is 19.5 Å². The van der Waals surface area contributed by atoms with Crippen LogP contribution in [0.25, 0.3) is 0 Å². The van der Waals surface area contributed by atoms with Crippen LogP contribution in [0.2, 0.25) is 0 Å². The predicted molar refractivity (Wildman–Crippen MR) is 91.5 cm³/mol. The van der Waals surface area contributed by atoms with Crippen molar-refractivity contribution >= 4 is 0 Å². The van der Waals surface area contributed by atoms with Crippen LogP contribution < -0.4 is 19.5 Å². The molecule has 0 aliphatic heterocycles. The second kappa shape index (κ2) is 8.44. The molecule has 0 aliphatic carbocycles. The van der Waals surface area contributed by atoms with Crippen LogP contribution in [0.3, 0.4) is 0 Å². The van der Waals surface area contributed by atoms with Gasteiger partial charge in [-0.2, -0.15) is 0 Å². The molecule has 2 N–H and O–H groups in total. The van der Waals surface area contributed by atoms with Crippen LogP contribution in [0.1, 0.15) is 16.7 Å². The Labute approximate surface area is 138 Å². The summed E-state index contributed by atoms with van der Waals surface area (Å²) in [6.07, 6.45) is 0.974. The number of hydrogen-bond acceptors (Lipinski definition) is 3. The minimum atomic E-state index is 0.861. The highest BCUT2D eigenvalue weighted by molar-refractivity contribution is 5.48. The van der Waals surface area contributed by atoms with E-state index in [-0.39, 0.29) is 0 Å². The first-order chi connectivity index (χ1) is 11.2. The third-order valence-corrected chi connectivity index (χ3v) is 4.04. The largest absolute Gasteiger partial charge is 0.496 e. The molecule has 0 atom stereocenters. The van der Waals surface area contributed by atoms with Gasteiger partial charge in [0.2, 0.25) is 0 Å². The highest BCUT2D eigenvalue weighted by Gasteiger charge is 2.12. The van der Waals surface area contributed by atoms with Gasteiger partial charge in [-0.05, 0) is 30.7 Å². The summed E-state index contributed by atoms with van der Waals surface area (Å²) in [7, 11) is 5.11. The molecular weight excluding hydrogens is 290 g/mol. The molecule has 124 valence electrons. The first kappa shape index (κ1) is 17.2. The standard InChI is InChI=1S/C19H25NO3/c1-14-17(21-2)10-9-16(19(14)23-4)13-20-12-11-15-7-5-6-8-18(15)22-3/h5-10,20H,11-13H2,1-4H3/p+1. The average Bonchev–Trinajstić information content (AvgIpc) is 2.59. The zero-order valence-corrected chi connectivity index (χ0v) is 14.4. The Kier molecular flexibility index (Phi) is 6.29. The molecule has 0 amide bonds. The molecule has 2 aromatic carbocycles. The molecule has 0 unspecified atom stereocenters. The van der Waals surface area contributed by atoms with E-state index in [2.05, 4.69) is 17.4 Å². The van der Waals surface area contributed by atoms with Crippen molar-refractivity contribution in [1.82, 2.24) is 0 Å². The van der Waals surface area contributed by atoms with Gasteiger partial charge in [0.15, 0.2) is 0 Å². The van der Waals surface area contributed by atoms with Crippen LogP contribution in [-0.4, -0.2) is 27.9 Å². The van der Waals surface area contributed by atoms with Crippen molar-refractivity contribution < 1.29 is 19.5 Å². The molecule has 0 heterocycles. The Morgan fingerprint density at radius 2 is 1.57 bits per heavy atom. The molecule has 23 heavy (non-hydrogen) atoms. The zero-order valence-electron chi connectivity index (χ0n) is 14.4. The molecule has 0 aromatic heterocycles. The van der Waals surface area contributed by atoms with Crippen LogP contribution in [0, 0.1) is 6.92 Å². The first-order valence-electron chi connectivity index (χ1n) is 7.85. The molecule has 0 saturated carbocycles. The van der Waals surface area contributed by atoms with E-state index in [1.54, 1.807) is 21.3 Å². The lowest BCUT2D eigenvalue weighted by molar-refractivity contribution is -0.670. The van der Waals surface area contributed by atoms with E-state index in [0.29, 0.717) is 0 Å². The highest BCUT2D eigenvalue weighted by Crippen LogP contribution is 2.30. The SMILES string of the molecule is COc1ccccc1CC[NH2+]Cc1ccc(OC)c(C)c1OC. The minimum Gasteiger partial charge on any atom is -0.496 e. The molecule has 0 bridgehead atoms.